The third-order valence-corrected chi connectivity index (χ3v) is 5.32. The van der Waals surface area contributed by atoms with E-state index in [4.69, 9.17) is 4.42 Å². The molecule has 2 aromatic heterocycles. The lowest BCUT2D eigenvalue weighted by Gasteiger charge is -2.26. The molecule has 3 heteroatoms. The molecule has 0 aliphatic carbocycles. The van der Waals surface area contributed by atoms with Gasteiger partial charge in [0.15, 0.2) is 0 Å². The molecule has 0 spiro atoms. The molecule has 0 unspecified atom stereocenters. The summed E-state index contributed by atoms with van der Waals surface area (Å²) in [6.45, 7) is 4.32. The Balaban J connectivity index is 1.25. The molecule has 2 aromatic carbocycles. The molecule has 126 valence electrons. The molecule has 0 fully saturated rings. The van der Waals surface area contributed by atoms with Gasteiger partial charge in [-0.3, -0.25) is 4.90 Å². The zero-order valence-corrected chi connectivity index (χ0v) is 14.3. The first-order valence-corrected chi connectivity index (χ1v) is 9.13. The first-order valence-electron chi connectivity index (χ1n) is 9.13. The van der Waals surface area contributed by atoms with E-state index in [1.165, 1.54) is 33.9 Å². The molecule has 0 amide bonds. The maximum Gasteiger partial charge on any atom is 0.134 e. The van der Waals surface area contributed by atoms with Crippen LogP contribution < -0.4 is 0 Å². The number of aromatic nitrogens is 1. The lowest BCUT2D eigenvalue weighted by atomic mass is 10.0. The van der Waals surface area contributed by atoms with Gasteiger partial charge in [-0.05, 0) is 23.3 Å². The van der Waals surface area contributed by atoms with E-state index in [9.17, 15) is 0 Å². The number of hydrogen-bond donors (Lipinski definition) is 0. The maximum absolute atomic E-state index is 6.02. The molecular weight excluding hydrogens is 308 g/mol. The van der Waals surface area contributed by atoms with Gasteiger partial charge in [0.05, 0.1) is 0 Å². The molecule has 3 heterocycles. The number of aryl methyl sites for hydroxylation is 1. The average molecular weight is 330 g/mol. The summed E-state index contributed by atoms with van der Waals surface area (Å²) < 4.78 is 8.34. The van der Waals surface area contributed by atoms with Crippen molar-refractivity contribution in [3.63, 3.8) is 0 Å². The fourth-order valence-corrected chi connectivity index (χ4v) is 4.02. The fraction of sp³-hybridized carbons (Fsp3) is 0.273. The Morgan fingerprint density at radius 1 is 0.880 bits per heavy atom. The van der Waals surface area contributed by atoms with Gasteiger partial charge in [-0.1, -0.05) is 42.5 Å². The summed E-state index contributed by atoms with van der Waals surface area (Å²) in [5.74, 6) is 1.19. The summed E-state index contributed by atoms with van der Waals surface area (Å²) >= 11 is 0. The summed E-state index contributed by atoms with van der Waals surface area (Å²) in [5, 5.41) is 3.95. The third-order valence-electron chi connectivity index (χ3n) is 5.32. The Labute approximate surface area is 147 Å². The molecule has 4 aromatic rings. The van der Waals surface area contributed by atoms with Gasteiger partial charge in [-0.25, -0.2) is 0 Å². The Hall–Kier alpha value is -2.52. The molecular formula is C22H22N2O. The van der Waals surface area contributed by atoms with Gasteiger partial charge < -0.3 is 8.98 Å². The van der Waals surface area contributed by atoms with Gasteiger partial charge in [0.2, 0.25) is 0 Å². The van der Waals surface area contributed by atoms with Crippen LogP contribution >= 0.6 is 0 Å². The standard InChI is InChI=1S/C22H22N2O/c1-2-7-18-15-24(14-17(18)6-1)12-5-11-23-13-10-22-20(16-23)19-8-3-4-9-21(19)25-22/h1-4,6-9,14-15H,5,10-13,16H2. The predicted molar refractivity (Wildman–Crippen MR) is 102 cm³/mol. The Bertz CT molecular complexity index is 994. The summed E-state index contributed by atoms with van der Waals surface area (Å²) in [6.07, 6.45) is 6.71. The summed E-state index contributed by atoms with van der Waals surface area (Å²) in [6, 6.07) is 17.0. The number of nitrogens with zero attached hydrogens (tertiary/aromatic N) is 2. The number of fused-ring (bicyclic) bond motifs is 4. The Kier molecular flexibility index (Phi) is 3.60. The number of hydrogen-bond acceptors (Lipinski definition) is 2. The van der Waals surface area contributed by atoms with Crippen LogP contribution in [0.1, 0.15) is 17.7 Å². The summed E-state index contributed by atoms with van der Waals surface area (Å²) in [5.41, 5.74) is 2.43. The smallest absolute Gasteiger partial charge is 0.134 e. The molecule has 5 rings (SSSR count). The molecule has 1 aliphatic rings. The van der Waals surface area contributed by atoms with Crippen LogP contribution in [-0.2, 0) is 19.5 Å². The zero-order chi connectivity index (χ0) is 16.6. The molecule has 0 N–H and O–H groups in total. The largest absolute Gasteiger partial charge is 0.461 e. The van der Waals surface area contributed by atoms with Crippen LogP contribution in [0.3, 0.4) is 0 Å². The van der Waals surface area contributed by atoms with E-state index in [1.807, 2.05) is 0 Å². The predicted octanol–water partition coefficient (Wildman–Crippen LogP) is 4.84. The lowest BCUT2D eigenvalue weighted by Crippen LogP contribution is -2.31. The monoisotopic (exact) mass is 330 g/mol. The number of benzene rings is 2. The molecule has 0 atom stereocenters. The van der Waals surface area contributed by atoms with Crippen molar-refractivity contribution in [2.75, 3.05) is 13.1 Å². The maximum atomic E-state index is 6.02. The Morgan fingerprint density at radius 2 is 1.64 bits per heavy atom. The van der Waals surface area contributed by atoms with Crippen LogP contribution in [0.25, 0.3) is 21.7 Å². The van der Waals surface area contributed by atoms with Crippen LogP contribution in [0.5, 0.6) is 0 Å². The Morgan fingerprint density at radius 3 is 2.48 bits per heavy atom. The molecule has 3 nitrogen and oxygen atoms in total. The quantitative estimate of drug-likeness (QED) is 0.534. The molecule has 0 saturated heterocycles. The van der Waals surface area contributed by atoms with Crippen molar-refractivity contribution in [1.29, 1.82) is 0 Å². The van der Waals surface area contributed by atoms with Crippen molar-refractivity contribution >= 4 is 21.7 Å². The second-order valence-corrected chi connectivity index (χ2v) is 7.00. The van der Waals surface area contributed by atoms with Crippen LogP contribution in [0.15, 0.2) is 65.3 Å². The molecule has 1 aliphatic heterocycles. The number of furan rings is 1. The van der Waals surface area contributed by atoms with E-state index >= 15 is 0 Å². The minimum atomic E-state index is 1.01. The SMILES string of the molecule is c1ccc2cn(CCCN3CCc4oc5ccccc5c4C3)cc2c1. The average Bonchev–Trinajstić information content (AvgIpc) is 3.22. The molecule has 25 heavy (non-hydrogen) atoms. The third kappa shape index (κ3) is 2.75. The summed E-state index contributed by atoms with van der Waals surface area (Å²) in [4.78, 5) is 2.56. The van der Waals surface area contributed by atoms with Gasteiger partial charge in [-0.15, -0.1) is 0 Å². The topological polar surface area (TPSA) is 21.3 Å². The fourth-order valence-electron chi connectivity index (χ4n) is 4.02. The minimum Gasteiger partial charge on any atom is -0.461 e. The van der Waals surface area contributed by atoms with Gasteiger partial charge in [0.25, 0.3) is 0 Å². The van der Waals surface area contributed by atoms with E-state index in [0.717, 1.165) is 38.2 Å². The van der Waals surface area contributed by atoms with E-state index < -0.39 is 0 Å². The lowest BCUT2D eigenvalue weighted by molar-refractivity contribution is 0.237. The highest BCUT2D eigenvalue weighted by Crippen LogP contribution is 2.30. The van der Waals surface area contributed by atoms with Crippen molar-refractivity contribution in [3.05, 3.63) is 72.2 Å². The second kappa shape index (κ2) is 6.08. The van der Waals surface area contributed by atoms with Crippen LogP contribution in [-0.4, -0.2) is 22.6 Å². The van der Waals surface area contributed by atoms with Gasteiger partial charge in [-0.2, -0.15) is 0 Å². The second-order valence-electron chi connectivity index (χ2n) is 7.00. The van der Waals surface area contributed by atoms with E-state index in [-0.39, 0.29) is 0 Å². The van der Waals surface area contributed by atoms with Crippen molar-refractivity contribution in [2.45, 2.75) is 25.9 Å². The van der Waals surface area contributed by atoms with Gasteiger partial charge >= 0.3 is 0 Å². The zero-order valence-electron chi connectivity index (χ0n) is 14.3. The number of para-hydroxylation sites is 1. The first kappa shape index (κ1) is 14.8. The van der Waals surface area contributed by atoms with Gasteiger partial charge in [0, 0.05) is 55.9 Å². The van der Waals surface area contributed by atoms with E-state index in [0.29, 0.717) is 0 Å². The normalized spacial score (nSPS) is 15.0. The van der Waals surface area contributed by atoms with Crippen molar-refractivity contribution < 1.29 is 4.42 Å². The van der Waals surface area contributed by atoms with Crippen molar-refractivity contribution in [3.8, 4) is 0 Å². The van der Waals surface area contributed by atoms with Gasteiger partial charge in [0.1, 0.15) is 11.3 Å². The number of rotatable bonds is 4. The highest BCUT2D eigenvalue weighted by Gasteiger charge is 2.21. The van der Waals surface area contributed by atoms with Crippen LogP contribution in [0.2, 0.25) is 0 Å². The molecule has 0 bridgehead atoms. The first-order chi connectivity index (χ1) is 12.4. The van der Waals surface area contributed by atoms with E-state index in [1.54, 1.807) is 0 Å². The molecule has 0 saturated carbocycles. The van der Waals surface area contributed by atoms with Crippen LogP contribution in [0, 0.1) is 0 Å². The van der Waals surface area contributed by atoms with Crippen molar-refractivity contribution in [1.82, 2.24) is 9.47 Å². The van der Waals surface area contributed by atoms with E-state index in [2.05, 4.69) is 70.4 Å². The van der Waals surface area contributed by atoms with Crippen molar-refractivity contribution in [2.24, 2.45) is 0 Å². The highest BCUT2D eigenvalue weighted by molar-refractivity contribution is 5.82. The highest BCUT2D eigenvalue weighted by atomic mass is 16.3. The molecule has 0 radical (unpaired) electrons. The van der Waals surface area contributed by atoms with Crippen LogP contribution in [0.4, 0.5) is 0 Å². The minimum absolute atomic E-state index is 1.01. The summed E-state index contributed by atoms with van der Waals surface area (Å²) in [7, 11) is 0.